The van der Waals surface area contributed by atoms with Crippen molar-refractivity contribution in [2.24, 2.45) is 0 Å². The molecule has 4 rings (SSSR count). The van der Waals surface area contributed by atoms with Gasteiger partial charge in [-0.05, 0) is 37.4 Å². The van der Waals surface area contributed by atoms with Crippen molar-refractivity contribution in [3.8, 4) is 0 Å². The zero-order valence-electron chi connectivity index (χ0n) is 34.4. The molecule has 0 aliphatic carbocycles. The van der Waals surface area contributed by atoms with Crippen LogP contribution in [0.4, 0.5) is 0 Å². The van der Waals surface area contributed by atoms with Gasteiger partial charge in [-0.3, -0.25) is 0 Å². The second kappa shape index (κ2) is 23.5. The molecule has 1 N–H and O–H groups in total. The molecule has 0 spiro atoms. The van der Waals surface area contributed by atoms with Crippen LogP contribution in [0.3, 0.4) is 0 Å². The van der Waals surface area contributed by atoms with Gasteiger partial charge in [0, 0.05) is 43.1 Å². The number of rotatable bonds is 24. The van der Waals surface area contributed by atoms with E-state index < -0.39 is 20.9 Å². The Morgan fingerprint density at radius 1 is 0.642 bits per heavy atom. The Hall–Kier alpha value is -1.58. The summed E-state index contributed by atoms with van der Waals surface area (Å²) >= 11 is 0. The molecule has 53 heavy (non-hydrogen) atoms. The molecule has 0 bridgehead atoms. The van der Waals surface area contributed by atoms with E-state index in [0.717, 1.165) is 43.2 Å². The van der Waals surface area contributed by atoms with Crippen LogP contribution < -0.4 is 0 Å². The largest absolute Gasteiger partial charge is 0.414 e. The van der Waals surface area contributed by atoms with Crippen molar-refractivity contribution in [2.45, 2.75) is 211 Å². The second-order valence-corrected chi connectivity index (χ2v) is 22.3. The normalized spacial score (nSPS) is 24.7. The predicted octanol–water partition coefficient (Wildman–Crippen LogP) is 12.8. The van der Waals surface area contributed by atoms with E-state index in [9.17, 15) is 5.11 Å². The SMILES string of the molecule is CCCCCCCCCCCCCCC[C@@H](C[C@@H]1C[C@H](C[C@@H]2C[C@H](CCO)O[C@H](c3ccccc3)O2)O[C@H](c2ccccc2)O1)O[Si](C)(C)C(C)(C)C. The Bertz CT molecular complexity index is 1220. The first-order chi connectivity index (χ1) is 25.6. The smallest absolute Gasteiger partial charge is 0.192 e. The van der Waals surface area contributed by atoms with Crippen molar-refractivity contribution in [3.63, 3.8) is 0 Å². The average Bonchev–Trinajstić information content (AvgIpc) is 3.13. The third-order valence-corrected chi connectivity index (χ3v) is 16.4. The minimum absolute atomic E-state index is 0.0219. The molecule has 0 saturated carbocycles. The van der Waals surface area contributed by atoms with Gasteiger partial charge in [0.25, 0.3) is 0 Å². The lowest BCUT2D eigenvalue weighted by Gasteiger charge is -2.43. The highest BCUT2D eigenvalue weighted by atomic mass is 28.4. The topological polar surface area (TPSA) is 66.4 Å². The van der Waals surface area contributed by atoms with E-state index >= 15 is 0 Å². The Balaban J connectivity index is 1.36. The Morgan fingerprint density at radius 3 is 1.55 bits per heavy atom. The zero-order chi connectivity index (χ0) is 37.9. The number of benzene rings is 2. The Morgan fingerprint density at radius 2 is 1.08 bits per heavy atom. The molecule has 2 aliphatic rings. The highest BCUT2D eigenvalue weighted by Crippen LogP contribution is 2.41. The predicted molar refractivity (Wildman–Crippen MR) is 220 cm³/mol. The van der Waals surface area contributed by atoms with Gasteiger partial charge in [0.2, 0.25) is 0 Å². The van der Waals surface area contributed by atoms with E-state index in [1.165, 1.54) is 83.5 Å². The van der Waals surface area contributed by atoms with Crippen molar-refractivity contribution in [1.29, 1.82) is 0 Å². The number of unbranched alkanes of at least 4 members (excludes halogenated alkanes) is 12. The van der Waals surface area contributed by atoms with Crippen LogP contribution in [-0.2, 0) is 23.4 Å². The first-order valence-electron chi connectivity index (χ1n) is 21.6. The summed E-state index contributed by atoms with van der Waals surface area (Å²) in [4.78, 5) is 0. The monoisotopic (exact) mass is 753 g/mol. The molecule has 2 aromatic rings. The summed E-state index contributed by atoms with van der Waals surface area (Å²) in [5.41, 5.74) is 2.06. The summed E-state index contributed by atoms with van der Waals surface area (Å²) < 4.78 is 33.6. The number of hydrogen-bond acceptors (Lipinski definition) is 6. The summed E-state index contributed by atoms with van der Waals surface area (Å²) in [6.45, 7) is 14.2. The summed E-state index contributed by atoms with van der Waals surface area (Å²) in [6, 6.07) is 20.5. The average molecular weight is 753 g/mol. The Labute approximate surface area is 325 Å². The number of aliphatic hydroxyl groups excluding tert-OH is 1. The van der Waals surface area contributed by atoms with E-state index in [0.29, 0.717) is 6.42 Å². The van der Waals surface area contributed by atoms with Crippen LogP contribution in [0.15, 0.2) is 60.7 Å². The van der Waals surface area contributed by atoms with E-state index in [-0.39, 0.29) is 42.2 Å². The maximum absolute atomic E-state index is 9.79. The molecule has 0 radical (unpaired) electrons. The van der Waals surface area contributed by atoms with Crippen molar-refractivity contribution < 1.29 is 28.5 Å². The lowest BCUT2D eigenvalue weighted by molar-refractivity contribution is -0.279. The fraction of sp³-hybridized carbons (Fsp3) is 0.739. The molecule has 7 heteroatoms. The Kier molecular flexibility index (Phi) is 19.6. The van der Waals surface area contributed by atoms with Crippen LogP contribution in [0.25, 0.3) is 0 Å². The molecule has 2 aliphatic heterocycles. The molecule has 0 aromatic heterocycles. The summed E-state index contributed by atoms with van der Waals surface area (Å²) in [5, 5.41) is 9.94. The van der Waals surface area contributed by atoms with Gasteiger partial charge in [0.1, 0.15) is 0 Å². The molecule has 6 nitrogen and oxygen atoms in total. The first kappa shape index (κ1) is 44.1. The van der Waals surface area contributed by atoms with E-state index in [1.54, 1.807) is 0 Å². The van der Waals surface area contributed by atoms with Gasteiger partial charge in [-0.15, -0.1) is 0 Å². The number of ether oxygens (including phenoxy) is 4. The standard InChI is InChI=1S/C46H76O6Si/c1-7-8-9-10-11-12-13-14-15-16-17-18-25-30-40(52-53(5,6)46(2,3)4)34-42-36-43(51-45(50-42)38-28-23-20-24-29-38)35-41-33-39(31-32-47)48-44(49-41)37-26-21-19-22-27-37/h19-24,26-29,39-45,47H,7-18,25,30-36H2,1-6H3/t39-,40-,41-,42+,43-,44-,45+/m0/s1. The van der Waals surface area contributed by atoms with Gasteiger partial charge in [-0.1, -0.05) is 172 Å². The molecule has 0 unspecified atom stereocenters. The van der Waals surface area contributed by atoms with Crippen molar-refractivity contribution in [3.05, 3.63) is 71.8 Å². The highest BCUT2D eigenvalue weighted by molar-refractivity contribution is 6.74. The molecule has 2 saturated heterocycles. The molecule has 300 valence electrons. The first-order valence-corrected chi connectivity index (χ1v) is 24.5. The van der Waals surface area contributed by atoms with Crippen molar-refractivity contribution >= 4 is 8.32 Å². The van der Waals surface area contributed by atoms with Crippen LogP contribution in [-0.4, -0.2) is 50.6 Å². The van der Waals surface area contributed by atoms with Crippen LogP contribution >= 0.6 is 0 Å². The van der Waals surface area contributed by atoms with Gasteiger partial charge < -0.3 is 28.5 Å². The summed E-state index contributed by atoms with van der Waals surface area (Å²) in [5.74, 6) is 0. The van der Waals surface area contributed by atoms with Gasteiger partial charge in [-0.25, -0.2) is 0 Å². The van der Waals surface area contributed by atoms with Crippen molar-refractivity contribution in [2.75, 3.05) is 6.61 Å². The van der Waals surface area contributed by atoms with Crippen LogP contribution in [0, 0.1) is 0 Å². The van der Waals surface area contributed by atoms with E-state index in [2.05, 4.69) is 77.2 Å². The molecule has 2 aromatic carbocycles. The van der Waals surface area contributed by atoms with Gasteiger partial charge >= 0.3 is 0 Å². The lowest BCUT2D eigenvalue weighted by atomic mass is 9.94. The van der Waals surface area contributed by atoms with Gasteiger partial charge in [0.15, 0.2) is 20.9 Å². The fourth-order valence-electron chi connectivity index (χ4n) is 7.69. The molecule has 0 amide bonds. The molecule has 2 fully saturated rings. The maximum Gasteiger partial charge on any atom is 0.192 e. The zero-order valence-corrected chi connectivity index (χ0v) is 35.4. The van der Waals surface area contributed by atoms with Gasteiger partial charge in [-0.2, -0.15) is 0 Å². The van der Waals surface area contributed by atoms with Gasteiger partial charge in [0.05, 0.1) is 24.4 Å². The number of aliphatic hydroxyl groups is 1. The quantitative estimate of drug-likeness (QED) is 0.0851. The number of hydrogen-bond donors (Lipinski definition) is 1. The van der Waals surface area contributed by atoms with E-state index in [1.807, 2.05) is 24.3 Å². The van der Waals surface area contributed by atoms with Crippen LogP contribution in [0.5, 0.6) is 0 Å². The molecule has 7 atom stereocenters. The third kappa shape index (κ3) is 15.8. The second-order valence-electron chi connectivity index (χ2n) is 17.5. The summed E-state index contributed by atoms with van der Waals surface area (Å²) in [6.07, 6.45) is 21.7. The highest BCUT2D eigenvalue weighted by Gasteiger charge is 2.41. The van der Waals surface area contributed by atoms with Crippen LogP contribution in [0.1, 0.15) is 173 Å². The minimum atomic E-state index is -1.99. The van der Waals surface area contributed by atoms with Crippen molar-refractivity contribution in [1.82, 2.24) is 0 Å². The van der Waals surface area contributed by atoms with E-state index in [4.69, 9.17) is 23.4 Å². The minimum Gasteiger partial charge on any atom is -0.414 e. The maximum atomic E-state index is 9.79. The molecular formula is C46H76O6Si. The molecular weight excluding hydrogens is 677 g/mol. The lowest BCUT2D eigenvalue weighted by Crippen LogP contribution is -2.46. The fourth-order valence-corrected chi connectivity index (χ4v) is 9.09. The molecule has 2 heterocycles. The third-order valence-electron chi connectivity index (χ3n) is 11.9. The van der Waals surface area contributed by atoms with Crippen LogP contribution in [0.2, 0.25) is 18.1 Å². The summed E-state index contributed by atoms with van der Waals surface area (Å²) in [7, 11) is -1.99.